The topological polar surface area (TPSA) is 92.7 Å². The van der Waals surface area contributed by atoms with E-state index in [4.69, 9.17) is 4.74 Å². The summed E-state index contributed by atoms with van der Waals surface area (Å²) in [6, 6.07) is 26.6. The summed E-state index contributed by atoms with van der Waals surface area (Å²) in [7, 11) is 0. The molecule has 7 nitrogen and oxygen atoms in total. The molecular formula is C25H20N4O3. The molecule has 4 aromatic rings. The molecule has 158 valence electrons. The molecule has 0 unspecified atom stereocenters. The van der Waals surface area contributed by atoms with Crippen molar-refractivity contribution in [3.8, 4) is 5.75 Å². The molecule has 32 heavy (non-hydrogen) atoms. The standard InChI is InChI=1S/C25H20N4O3/c30-24(28-23-10-3-4-15-26-23)25(31)29-27-16-18-11-13-21(14-12-18)32-17-20-8-5-7-19-6-1-2-9-22(19)20/h1-16H,17H2,(H,29,31)(H,26,28,30)/b27-16+. The maximum atomic E-state index is 11.8. The molecule has 1 aromatic heterocycles. The van der Waals surface area contributed by atoms with Gasteiger partial charge in [0.05, 0.1) is 6.21 Å². The minimum absolute atomic E-state index is 0.288. The van der Waals surface area contributed by atoms with Crippen LogP contribution in [0, 0.1) is 0 Å². The number of amides is 2. The number of aromatic nitrogens is 1. The zero-order valence-electron chi connectivity index (χ0n) is 17.1. The van der Waals surface area contributed by atoms with Gasteiger partial charge in [-0.3, -0.25) is 9.59 Å². The largest absolute Gasteiger partial charge is 0.489 e. The molecule has 0 bridgehead atoms. The van der Waals surface area contributed by atoms with Gasteiger partial charge in [0.15, 0.2) is 0 Å². The average molecular weight is 424 g/mol. The summed E-state index contributed by atoms with van der Waals surface area (Å²) >= 11 is 0. The monoisotopic (exact) mass is 424 g/mol. The molecule has 0 saturated carbocycles. The second kappa shape index (κ2) is 9.99. The van der Waals surface area contributed by atoms with Gasteiger partial charge in [0, 0.05) is 6.20 Å². The quantitative estimate of drug-likeness (QED) is 0.279. The van der Waals surface area contributed by atoms with Gasteiger partial charge in [-0.2, -0.15) is 5.10 Å². The van der Waals surface area contributed by atoms with E-state index in [2.05, 4.69) is 45.1 Å². The second-order valence-corrected chi connectivity index (χ2v) is 6.86. The first-order valence-electron chi connectivity index (χ1n) is 9.94. The number of benzene rings is 3. The molecule has 0 radical (unpaired) electrons. The van der Waals surface area contributed by atoms with Crippen LogP contribution in [0.3, 0.4) is 0 Å². The highest BCUT2D eigenvalue weighted by atomic mass is 16.5. The molecule has 0 atom stereocenters. The summed E-state index contributed by atoms with van der Waals surface area (Å²) in [5.74, 6) is -0.732. The molecule has 2 N–H and O–H groups in total. The molecule has 0 aliphatic carbocycles. The van der Waals surface area contributed by atoms with Gasteiger partial charge in [0.2, 0.25) is 0 Å². The first-order chi connectivity index (χ1) is 15.7. The van der Waals surface area contributed by atoms with Crippen LogP contribution in [0.2, 0.25) is 0 Å². The molecule has 0 saturated heterocycles. The summed E-state index contributed by atoms with van der Waals surface area (Å²) in [4.78, 5) is 27.6. The van der Waals surface area contributed by atoms with Crippen molar-refractivity contribution >= 4 is 34.6 Å². The Bertz CT molecular complexity index is 1250. The number of nitrogens with zero attached hydrogens (tertiary/aromatic N) is 2. The van der Waals surface area contributed by atoms with E-state index in [-0.39, 0.29) is 5.82 Å². The third-order valence-corrected chi connectivity index (χ3v) is 4.65. The maximum absolute atomic E-state index is 11.8. The molecule has 1 heterocycles. The minimum Gasteiger partial charge on any atom is -0.489 e. The highest BCUT2D eigenvalue weighted by molar-refractivity contribution is 6.39. The molecule has 4 rings (SSSR count). The lowest BCUT2D eigenvalue weighted by Gasteiger charge is -2.09. The summed E-state index contributed by atoms with van der Waals surface area (Å²) < 4.78 is 5.91. The van der Waals surface area contributed by atoms with E-state index >= 15 is 0 Å². The van der Waals surface area contributed by atoms with Crippen molar-refractivity contribution in [2.75, 3.05) is 5.32 Å². The number of carbonyl (C=O) groups excluding carboxylic acids is 2. The van der Waals surface area contributed by atoms with Gasteiger partial charge in [-0.05, 0) is 58.3 Å². The average Bonchev–Trinajstić information content (AvgIpc) is 2.84. The Morgan fingerprint density at radius 3 is 2.47 bits per heavy atom. The van der Waals surface area contributed by atoms with E-state index in [9.17, 15) is 9.59 Å². The van der Waals surface area contributed by atoms with Crippen LogP contribution in [0.15, 0.2) is 96.2 Å². The maximum Gasteiger partial charge on any atom is 0.329 e. The van der Waals surface area contributed by atoms with Crippen LogP contribution in [-0.4, -0.2) is 23.0 Å². The van der Waals surface area contributed by atoms with E-state index in [0.29, 0.717) is 12.4 Å². The summed E-state index contributed by atoms with van der Waals surface area (Å²) in [5, 5.41) is 8.54. The smallest absolute Gasteiger partial charge is 0.329 e. The summed E-state index contributed by atoms with van der Waals surface area (Å²) in [5.41, 5.74) is 4.04. The molecule has 0 aliphatic heterocycles. The van der Waals surface area contributed by atoms with Crippen molar-refractivity contribution in [1.29, 1.82) is 0 Å². The van der Waals surface area contributed by atoms with Crippen LogP contribution >= 0.6 is 0 Å². The normalized spacial score (nSPS) is 10.8. The molecule has 3 aromatic carbocycles. The lowest BCUT2D eigenvalue weighted by atomic mass is 10.1. The number of carbonyl (C=O) groups is 2. The number of pyridine rings is 1. The number of hydrogen-bond acceptors (Lipinski definition) is 5. The van der Waals surface area contributed by atoms with Crippen LogP contribution in [0.4, 0.5) is 5.82 Å². The third kappa shape index (κ3) is 5.34. The van der Waals surface area contributed by atoms with Gasteiger partial charge < -0.3 is 10.1 Å². The van der Waals surface area contributed by atoms with E-state index in [0.717, 1.165) is 11.1 Å². The predicted octanol–water partition coefficient (Wildman–Crippen LogP) is 3.90. The molecule has 2 amide bonds. The number of ether oxygens (including phenoxy) is 1. The van der Waals surface area contributed by atoms with Crippen LogP contribution in [0.5, 0.6) is 5.75 Å². The first kappa shape index (κ1) is 20.7. The lowest BCUT2D eigenvalue weighted by molar-refractivity contribution is -0.136. The summed E-state index contributed by atoms with van der Waals surface area (Å²) in [6.45, 7) is 0.455. The van der Waals surface area contributed by atoms with Crippen LogP contribution < -0.4 is 15.5 Å². The van der Waals surface area contributed by atoms with Crippen molar-refractivity contribution in [2.45, 2.75) is 6.61 Å². The highest BCUT2D eigenvalue weighted by Crippen LogP contribution is 2.20. The molecule has 0 spiro atoms. The van der Waals surface area contributed by atoms with E-state index < -0.39 is 11.8 Å². The Morgan fingerprint density at radius 1 is 0.875 bits per heavy atom. The van der Waals surface area contributed by atoms with E-state index in [1.807, 2.05) is 42.5 Å². The van der Waals surface area contributed by atoms with Gasteiger partial charge in [-0.1, -0.05) is 48.5 Å². The van der Waals surface area contributed by atoms with E-state index in [1.54, 1.807) is 18.2 Å². The molecule has 0 fully saturated rings. The number of fused-ring (bicyclic) bond motifs is 1. The zero-order chi connectivity index (χ0) is 22.2. The predicted molar refractivity (Wildman–Crippen MR) is 123 cm³/mol. The SMILES string of the molecule is O=C(N/N=C/c1ccc(OCc2cccc3ccccc23)cc1)C(=O)Nc1ccccn1. The van der Waals surface area contributed by atoms with Crippen molar-refractivity contribution in [1.82, 2.24) is 10.4 Å². The van der Waals surface area contributed by atoms with Crippen molar-refractivity contribution in [3.05, 3.63) is 102 Å². The van der Waals surface area contributed by atoms with Crippen molar-refractivity contribution in [3.63, 3.8) is 0 Å². The number of anilines is 1. The van der Waals surface area contributed by atoms with Crippen LogP contribution in [0.1, 0.15) is 11.1 Å². The Morgan fingerprint density at radius 2 is 1.66 bits per heavy atom. The fraction of sp³-hybridized carbons (Fsp3) is 0.0400. The Balaban J connectivity index is 1.29. The van der Waals surface area contributed by atoms with Crippen molar-refractivity contribution in [2.24, 2.45) is 5.10 Å². The van der Waals surface area contributed by atoms with Crippen molar-refractivity contribution < 1.29 is 14.3 Å². The highest BCUT2D eigenvalue weighted by Gasteiger charge is 2.13. The van der Waals surface area contributed by atoms with E-state index in [1.165, 1.54) is 23.2 Å². The number of rotatable bonds is 6. The Kier molecular flexibility index (Phi) is 6.48. The van der Waals surface area contributed by atoms with Crippen LogP contribution in [0.25, 0.3) is 10.8 Å². The zero-order valence-corrected chi connectivity index (χ0v) is 17.1. The molecular weight excluding hydrogens is 404 g/mol. The van der Waals surface area contributed by atoms with Gasteiger partial charge >= 0.3 is 11.8 Å². The fourth-order valence-corrected chi connectivity index (χ4v) is 3.06. The third-order valence-electron chi connectivity index (χ3n) is 4.65. The Labute approximate surface area is 184 Å². The van der Waals surface area contributed by atoms with Gasteiger partial charge in [0.1, 0.15) is 18.2 Å². The van der Waals surface area contributed by atoms with Crippen LogP contribution in [-0.2, 0) is 16.2 Å². The van der Waals surface area contributed by atoms with Gasteiger partial charge in [0.25, 0.3) is 0 Å². The number of hydrazone groups is 1. The minimum atomic E-state index is -0.887. The van der Waals surface area contributed by atoms with Gasteiger partial charge in [-0.25, -0.2) is 10.4 Å². The molecule has 7 heteroatoms. The first-order valence-corrected chi connectivity index (χ1v) is 9.94. The lowest BCUT2D eigenvalue weighted by Crippen LogP contribution is -2.32. The summed E-state index contributed by atoms with van der Waals surface area (Å²) in [6.07, 6.45) is 2.96. The number of nitrogens with one attached hydrogen (secondary N) is 2. The second-order valence-electron chi connectivity index (χ2n) is 6.86. The van der Waals surface area contributed by atoms with Gasteiger partial charge in [-0.15, -0.1) is 0 Å². The Hall–Kier alpha value is -4.52. The molecule has 0 aliphatic rings. The number of hydrogen-bond donors (Lipinski definition) is 2. The fourth-order valence-electron chi connectivity index (χ4n) is 3.06.